The molecule has 2 aromatic carbocycles. The van der Waals surface area contributed by atoms with Crippen LogP contribution in [0.3, 0.4) is 0 Å². The minimum atomic E-state index is -0.331. The van der Waals surface area contributed by atoms with Gasteiger partial charge in [0.25, 0.3) is 0 Å². The van der Waals surface area contributed by atoms with Gasteiger partial charge in [-0.15, -0.1) is 0 Å². The summed E-state index contributed by atoms with van der Waals surface area (Å²) in [5, 5.41) is 0. The summed E-state index contributed by atoms with van der Waals surface area (Å²) in [6.07, 6.45) is 2.56. The van der Waals surface area contributed by atoms with Crippen LogP contribution in [0.4, 0.5) is 0 Å². The highest BCUT2D eigenvalue weighted by molar-refractivity contribution is 5.96. The van der Waals surface area contributed by atoms with E-state index in [1.807, 2.05) is 36.4 Å². The zero-order valence-electron chi connectivity index (χ0n) is 13.0. The molecule has 0 atom stereocenters. The first-order chi connectivity index (χ1) is 10.6. The van der Waals surface area contributed by atoms with Crippen molar-refractivity contribution < 1.29 is 14.3 Å². The number of esters is 1. The van der Waals surface area contributed by atoms with Gasteiger partial charge in [0.15, 0.2) is 5.78 Å². The Morgan fingerprint density at radius 3 is 1.95 bits per heavy atom. The van der Waals surface area contributed by atoms with Crippen LogP contribution in [0.2, 0.25) is 0 Å². The summed E-state index contributed by atoms with van der Waals surface area (Å²) < 4.78 is 5.01. The first-order valence-electron chi connectivity index (χ1n) is 7.52. The van der Waals surface area contributed by atoms with E-state index in [1.165, 1.54) is 6.92 Å². The molecule has 0 amide bonds. The van der Waals surface area contributed by atoms with E-state index >= 15 is 0 Å². The van der Waals surface area contributed by atoms with Gasteiger partial charge >= 0.3 is 5.97 Å². The van der Waals surface area contributed by atoms with Crippen molar-refractivity contribution in [3.8, 4) is 16.9 Å². The molecule has 2 aromatic rings. The number of ketones is 1. The molecular weight excluding hydrogens is 276 g/mol. The Hall–Kier alpha value is -2.42. The third-order valence-corrected chi connectivity index (χ3v) is 3.41. The molecule has 0 radical (unpaired) electrons. The number of unbranched alkanes of at least 4 members (excludes halogenated alkanes) is 1. The number of hydrogen-bond acceptors (Lipinski definition) is 3. The molecule has 114 valence electrons. The van der Waals surface area contributed by atoms with Crippen molar-refractivity contribution in [2.75, 3.05) is 0 Å². The smallest absolute Gasteiger partial charge is 0.308 e. The van der Waals surface area contributed by atoms with E-state index in [0.29, 0.717) is 12.2 Å². The molecule has 0 aliphatic heterocycles. The molecule has 0 unspecified atom stereocenters. The number of ether oxygens (including phenoxy) is 1. The second kappa shape index (κ2) is 7.55. The van der Waals surface area contributed by atoms with Gasteiger partial charge in [0.05, 0.1) is 0 Å². The molecule has 0 aromatic heterocycles. The Balaban J connectivity index is 2.09. The minimum absolute atomic E-state index is 0.193. The van der Waals surface area contributed by atoms with Crippen molar-refractivity contribution in [1.29, 1.82) is 0 Å². The third-order valence-electron chi connectivity index (χ3n) is 3.41. The molecule has 2 rings (SSSR count). The number of hydrogen-bond donors (Lipinski definition) is 0. The van der Waals surface area contributed by atoms with Crippen LogP contribution in [0.5, 0.6) is 5.75 Å². The van der Waals surface area contributed by atoms with E-state index in [-0.39, 0.29) is 11.8 Å². The van der Waals surface area contributed by atoms with Crippen LogP contribution in [0, 0.1) is 0 Å². The van der Waals surface area contributed by atoms with Crippen LogP contribution in [-0.2, 0) is 4.79 Å². The molecule has 0 fully saturated rings. The van der Waals surface area contributed by atoms with Crippen LogP contribution >= 0.6 is 0 Å². The fourth-order valence-electron chi connectivity index (χ4n) is 2.21. The van der Waals surface area contributed by atoms with Gasteiger partial charge in [-0.3, -0.25) is 9.59 Å². The van der Waals surface area contributed by atoms with Gasteiger partial charge in [0, 0.05) is 18.9 Å². The predicted molar refractivity (Wildman–Crippen MR) is 87.0 cm³/mol. The van der Waals surface area contributed by atoms with Gasteiger partial charge in [-0.2, -0.15) is 0 Å². The van der Waals surface area contributed by atoms with E-state index in [4.69, 9.17) is 4.74 Å². The Bertz CT molecular complexity index is 639. The maximum Gasteiger partial charge on any atom is 0.308 e. The van der Waals surface area contributed by atoms with Crippen molar-refractivity contribution in [1.82, 2.24) is 0 Å². The summed E-state index contributed by atoms with van der Waals surface area (Å²) in [5.74, 6) is 0.393. The Morgan fingerprint density at radius 2 is 1.45 bits per heavy atom. The normalized spacial score (nSPS) is 10.3. The van der Waals surface area contributed by atoms with Gasteiger partial charge in [-0.1, -0.05) is 49.7 Å². The molecule has 0 aliphatic carbocycles. The number of carbonyl (C=O) groups excluding carboxylic acids is 2. The molecule has 0 aliphatic rings. The summed E-state index contributed by atoms with van der Waals surface area (Å²) in [6.45, 7) is 3.46. The average Bonchev–Trinajstić information content (AvgIpc) is 2.53. The minimum Gasteiger partial charge on any atom is -0.427 e. The zero-order valence-corrected chi connectivity index (χ0v) is 13.0. The lowest BCUT2D eigenvalue weighted by Crippen LogP contribution is -2.00. The molecule has 0 spiro atoms. The molecule has 0 saturated carbocycles. The molecular formula is C19H20O3. The summed E-state index contributed by atoms with van der Waals surface area (Å²) >= 11 is 0. The standard InChI is InChI=1S/C19H20O3/c1-3-4-5-19(21)17-8-6-15(7-9-17)16-10-12-18(13-11-16)22-14(2)20/h6-13H,3-5H2,1-2H3. The SMILES string of the molecule is CCCCC(=O)c1ccc(-c2ccc(OC(C)=O)cc2)cc1. The summed E-state index contributed by atoms with van der Waals surface area (Å²) in [5.41, 5.74) is 2.80. The van der Waals surface area contributed by atoms with Crippen LogP contribution in [0.1, 0.15) is 43.5 Å². The molecule has 0 saturated heterocycles. The molecule has 22 heavy (non-hydrogen) atoms. The van der Waals surface area contributed by atoms with Crippen molar-refractivity contribution in [3.05, 3.63) is 54.1 Å². The first-order valence-corrected chi connectivity index (χ1v) is 7.52. The summed E-state index contributed by atoms with van der Waals surface area (Å²) in [7, 11) is 0. The molecule has 0 bridgehead atoms. The highest BCUT2D eigenvalue weighted by Crippen LogP contribution is 2.23. The van der Waals surface area contributed by atoms with Crippen molar-refractivity contribution in [2.45, 2.75) is 33.1 Å². The van der Waals surface area contributed by atoms with Crippen LogP contribution in [0.25, 0.3) is 11.1 Å². The number of benzene rings is 2. The highest BCUT2D eigenvalue weighted by atomic mass is 16.5. The fraction of sp³-hybridized carbons (Fsp3) is 0.263. The summed E-state index contributed by atoms with van der Waals surface area (Å²) in [4.78, 5) is 22.8. The average molecular weight is 296 g/mol. The quantitative estimate of drug-likeness (QED) is 0.442. The third kappa shape index (κ3) is 4.29. The van der Waals surface area contributed by atoms with E-state index in [9.17, 15) is 9.59 Å². The van der Waals surface area contributed by atoms with E-state index in [0.717, 1.165) is 29.5 Å². The van der Waals surface area contributed by atoms with Crippen molar-refractivity contribution in [3.63, 3.8) is 0 Å². The lowest BCUT2D eigenvalue weighted by molar-refractivity contribution is -0.131. The van der Waals surface area contributed by atoms with Gasteiger partial charge in [-0.05, 0) is 29.7 Å². The van der Waals surface area contributed by atoms with Crippen molar-refractivity contribution in [2.24, 2.45) is 0 Å². The monoisotopic (exact) mass is 296 g/mol. The highest BCUT2D eigenvalue weighted by Gasteiger charge is 2.06. The van der Waals surface area contributed by atoms with E-state index < -0.39 is 0 Å². The molecule has 0 N–H and O–H groups in total. The molecule has 0 heterocycles. The largest absolute Gasteiger partial charge is 0.427 e. The lowest BCUT2D eigenvalue weighted by Gasteiger charge is -2.06. The maximum absolute atomic E-state index is 12.0. The van der Waals surface area contributed by atoms with E-state index in [2.05, 4.69) is 6.92 Å². The lowest BCUT2D eigenvalue weighted by atomic mass is 10.0. The topological polar surface area (TPSA) is 43.4 Å². The predicted octanol–water partition coefficient (Wildman–Crippen LogP) is 4.65. The van der Waals surface area contributed by atoms with Gasteiger partial charge in [-0.25, -0.2) is 0 Å². The number of rotatable bonds is 6. The molecule has 3 heteroatoms. The maximum atomic E-state index is 12.0. The van der Waals surface area contributed by atoms with Gasteiger partial charge in [0.1, 0.15) is 5.75 Å². The van der Waals surface area contributed by atoms with Crippen LogP contribution < -0.4 is 4.74 Å². The van der Waals surface area contributed by atoms with Gasteiger partial charge < -0.3 is 4.74 Å². The van der Waals surface area contributed by atoms with Crippen LogP contribution in [0.15, 0.2) is 48.5 Å². The Labute approximate surface area is 130 Å². The first kappa shape index (κ1) is 16.0. The Kier molecular flexibility index (Phi) is 5.48. The summed E-state index contributed by atoms with van der Waals surface area (Å²) in [6, 6.07) is 14.9. The zero-order chi connectivity index (χ0) is 15.9. The number of Topliss-reactive ketones (excluding diaryl/α,β-unsaturated/α-hetero) is 1. The van der Waals surface area contributed by atoms with E-state index in [1.54, 1.807) is 12.1 Å². The Morgan fingerprint density at radius 1 is 0.909 bits per heavy atom. The van der Waals surface area contributed by atoms with Crippen molar-refractivity contribution >= 4 is 11.8 Å². The molecule has 3 nitrogen and oxygen atoms in total. The second-order valence-corrected chi connectivity index (χ2v) is 5.22. The van der Waals surface area contributed by atoms with Crippen LogP contribution in [-0.4, -0.2) is 11.8 Å². The second-order valence-electron chi connectivity index (χ2n) is 5.22. The van der Waals surface area contributed by atoms with Gasteiger partial charge in [0.2, 0.25) is 0 Å². The fourth-order valence-corrected chi connectivity index (χ4v) is 2.21. The number of carbonyl (C=O) groups is 2.